The number of aromatic nitrogens is 1. The van der Waals surface area contributed by atoms with E-state index in [1.54, 1.807) is 25.3 Å². The summed E-state index contributed by atoms with van der Waals surface area (Å²) < 4.78 is 14.2. The molecule has 1 aliphatic carbocycles. The number of hydrogen-bond donors (Lipinski definition) is 2. The van der Waals surface area contributed by atoms with Gasteiger partial charge in [0, 0.05) is 54.7 Å². The molecule has 0 unspecified atom stereocenters. The largest absolute Gasteiger partial charge is 0.496 e. The van der Waals surface area contributed by atoms with E-state index in [4.69, 9.17) is 15.2 Å². The maximum absolute atomic E-state index is 13.5. The van der Waals surface area contributed by atoms with E-state index in [1.165, 1.54) is 6.07 Å². The highest BCUT2D eigenvalue weighted by molar-refractivity contribution is 6.04. The van der Waals surface area contributed by atoms with E-state index < -0.39 is 17.4 Å². The molecule has 2 aliphatic heterocycles. The SMILES string of the molecule is COc1cc(C(=O)N2CCC3(CC2)CC(=O)c2cc(C(=O)NCC(N)=O)ccc2O3)cc2c1ccn2C1CC1. The van der Waals surface area contributed by atoms with E-state index in [2.05, 4.69) is 16.1 Å². The number of Topliss-reactive ketones (excluding diaryl/α,β-unsaturated/α-hetero) is 1. The molecule has 202 valence electrons. The molecule has 3 heterocycles. The quantitative estimate of drug-likeness (QED) is 0.504. The summed E-state index contributed by atoms with van der Waals surface area (Å²) in [7, 11) is 1.62. The Morgan fingerprint density at radius 2 is 1.87 bits per heavy atom. The molecule has 1 spiro atoms. The van der Waals surface area contributed by atoms with Crippen LogP contribution in [-0.2, 0) is 4.79 Å². The first-order valence-corrected chi connectivity index (χ1v) is 13.2. The molecule has 0 bridgehead atoms. The standard InChI is InChI=1S/C29H30N4O6/c1-38-25-14-18(13-22-20(25)6-9-33(22)19-3-4-19)28(37)32-10-7-29(8-11-32)15-23(34)21-12-17(2-5-24(21)39-29)27(36)31-16-26(30)35/h2,5-6,9,12-14,19H,3-4,7-8,10-11,15-16H2,1H3,(H2,30,35)(H,31,36). The fourth-order valence-electron chi connectivity index (χ4n) is 5.68. The highest BCUT2D eigenvalue weighted by Crippen LogP contribution is 2.42. The smallest absolute Gasteiger partial charge is 0.254 e. The normalized spacial score (nSPS) is 18.0. The predicted octanol–water partition coefficient (Wildman–Crippen LogP) is 2.84. The number of amides is 3. The summed E-state index contributed by atoms with van der Waals surface area (Å²) in [6, 6.07) is 10.9. The van der Waals surface area contributed by atoms with Crippen LogP contribution >= 0.6 is 0 Å². The second-order valence-corrected chi connectivity index (χ2v) is 10.6. The number of methoxy groups -OCH3 is 1. The van der Waals surface area contributed by atoms with Crippen LogP contribution in [0.4, 0.5) is 0 Å². The average Bonchev–Trinajstić information content (AvgIpc) is 3.69. The number of primary amides is 1. The molecule has 10 nitrogen and oxygen atoms in total. The number of rotatable bonds is 6. The fraction of sp³-hybridized carbons (Fsp3) is 0.379. The average molecular weight is 531 g/mol. The van der Waals surface area contributed by atoms with E-state index in [0.717, 1.165) is 23.7 Å². The number of carbonyl (C=O) groups is 4. The van der Waals surface area contributed by atoms with Crippen molar-refractivity contribution in [3.63, 3.8) is 0 Å². The molecule has 6 rings (SSSR count). The Hall–Kier alpha value is -4.34. The maximum atomic E-state index is 13.5. The van der Waals surface area contributed by atoms with Crippen LogP contribution in [-0.4, -0.2) is 65.3 Å². The number of piperidine rings is 1. The number of benzene rings is 2. The summed E-state index contributed by atoms with van der Waals surface area (Å²) >= 11 is 0. The van der Waals surface area contributed by atoms with Gasteiger partial charge >= 0.3 is 0 Å². The minimum Gasteiger partial charge on any atom is -0.496 e. The van der Waals surface area contributed by atoms with E-state index >= 15 is 0 Å². The number of fused-ring (bicyclic) bond motifs is 2. The summed E-state index contributed by atoms with van der Waals surface area (Å²) in [4.78, 5) is 51.7. The van der Waals surface area contributed by atoms with Crippen molar-refractivity contribution in [3.05, 3.63) is 59.3 Å². The molecule has 2 aromatic carbocycles. The summed E-state index contributed by atoms with van der Waals surface area (Å²) in [5.41, 5.74) is 6.57. The Balaban J connectivity index is 1.16. The van der Waals surface area contributed by atoms with Crippen LogP contribution in [0.25, 0.3) is 10.9 Å². The molecule has 3 N–H and O–H groups in total. The minimum atomic E-state index is -0.696. The molecule has 0 radical (unpaired) electrons. The molecule has 39 heavy (non-hydrogen) atoms. The molecule has 10 heteroatoms. The lowest BCUT2D eigenvalue weighted by Gasteiger charge is -2.44. The molecular formula is C29H30N4O6. The van der Waals surface area contributed by atoms with Crippen LogP contribution in [0.5, 0.6) is 11.5 Å². The lowest BCUT2D eigenvalue weighted by molar-refractivity contribution is -0.117. The van der Waals surface area contributed by atoms with Gasteiger partial charge in [0.05, 0.1) is 31.2 Å². The van der Waals surface area contributed by atoms with Crippen molar-refractivity contribution < 1.29 is 28.7 Å². The topological polar surface area (TPSA) is 133 Å². The second-order valence-electron chi connectivity index (χ2n) is 10.6. The van der Waals surface area contributed by atoms with Gasteiger partial charge in [-0.3, -0.25) is 19.2 Å². The van der Waals surface area contributed by atoms with Crippen LogP contribution < -0.4 is 20.5 Å². The number of nitrogens with one attached hydrogen (secondary N) is 1. The number of ketones is 1. The van der Waals surface area contributed by atoms with Crippen LogP contribution in [0.15, 0.2) is 42.6 Å². The van der Waals surface area contributed by atoms with Crippen molar-refractivity contribution in [3.8, 4) is 11.5 Å². The Kier molecular flexibility index (Phi) is 6.05. The highest BCUT2D eigenvalue weighted by Gasteiger charge is 2.44. The Bertz CT molecular complexity index is 1510. The third-order valence-electron chi connectivity index (χ3n) is 7.94. The second kappa shape index (κ2) is 9.44. The van der Waals surface area contributed by atoms with Gasteiger partial charge in [-0.2, -0.15) is 0 Å². The van der Waals surface area contributed by atoms with Gasteiger partial charge in [0.1, 0.15) is 17.1 Å². The molecule has 0 atom stereocenters. The van der Waals surface area contributed by atoms with E-state index in [0.29, 0.717) is 54.6 Å². The Morgan fingerprint density at radius 3 is 2.56 bits per heavy atom. The number of hydrogen-bond acceptors (Lipinski definition) is 6. The predicted molar refractivity (Wildman–Crippen MR) is 142 cm³/mol. The molecule has 3 amide bonds. The number of ether oxygens (including phenoxy) is 2. The van der Waals surface area contributed by atoms with Crippen molar-refractivity contribution in [1.29, 1.82) is 0 Å². The van der Waals surface area contributed by atoms with Gasteiger partial charge in [0.2, 0.25) is 5.91 Å². The molecular weight excluding hydrogens is 500 g/mol. The zero-order valence-electron chi connectivity index (χ0n) is 21.7. The van der Waals surface area contributed by atoms with Crippen molar-refractivity contribution in [1.82, 2.24) is 14.8 Å². The van der Waals surface area contributed by atoms with Crippen molar-refractivity contribution in [2.75, 3.05) is 26.7 Å². The fourth-order valence-corrected chi connectivity index (χ4v) is 5.68. The molecule has 3 aromatic rings. The lowest BCUT2D eigenvalue weighted by atomic mass is 9.82. The number of nitrogens with two attached hydrogens (primary N) is 1. The number of likely N-dealkylation sites (tertiary alicyclic amines) is 1. The number of nitrogens with zero attached hydrogens (tertiary/aromatic N) is 2. The monoisotopic (exact) mass is 530 g/mol. The summed E-state index contributed by atoms with van der Waals surface area (Å²) in [6.07, 6.45) is 5.55. The molecule has 2 fully saturated rings. The molecule has 3 aliphatic rings. The first-order valence-electron chi connectivity index (χ1n) is 13.2. The summed E-state index contributed by atoms with van der Waals surface area (Å²) in [5, 5.41) is 3.42. The van der Waals surface area contributed by atoms with Crippen LogP contribution in [0.3, 0.4) is 0 Å². The van der Waals surface area contributed by atoms with Gasteiger partial charge in [-0.1, -0.05) is 0 Å². The van der Waals surface area contributed by atoms with Gasteiger partial charge in [0.25, 0.3) is 11.8 Å². The van der Waals surface area contributed by atoms with Crippen molar-refractivity contribution in [2.45, 2.75) is 43.7 Å². The van der Waals surface area contributed by atoms with Crippen LogP contribution in [0.2, 0.25) is 0 Å². The molecule has 1 aromatic heterocycles. The molecule has 1 saturated carbocycles. The third kappa shape index (κ3) is 4.60. The highest BCUT2D eigenvalue weighted by atomic mass is 16.5. The zero-order chi connectivity index (χ0) is 27.3. The Morgan fingerprint density at radius 1 is 1.10 bits per heavy atom. The lowest BCUT2D eigenvalue weighted by Crippen LogP contribution is -2.52. The van der Waals surface area contributed by atoms with Crippen molar-refractivity contribution in [2.24, 2.45) is 5.73 Å². The summed E-state index contributed by atoms with van der Waals surface area (Å²) in [6.45, 7) is 0.630. The first-order chi connectivity index (χ1) is 18.8. The van der Waals surface area contributed by atoms with Gasteiger partial charge in [0.15, 0.2) is 5.78 Å². The van der Waals surface area contributed by atoms with Crippen LogP contribution in [0.1, 0.15) is 69.2 Å². The van der Waals surface area contributed by atoms with Gasteiger partial charge < -0.3 is 30.0 Å². The minimum absolute atomic E-state index is 0.0669. The Labute approximate surface area is 225 Å². The van der Waals surface area contributed by atoms with Crippen molar-refractivity contribution >= 4 is 34.4 Å². The van der Waals surface area contributed by atoms with Crippen LogP contribution in [0, 0.1) is 0 Å². The van der Waals surface area contributed by atoms with E-state index in [1.807, 2.05) is 17.0 Å². The maximum Gasteiger partial charge on any atom is 0.254 e. The molecule has 1 saturated heterocycles. The van der Waals surface area contributed by atoms with Gasteiger partial charge in [-0.15, -0.1) is 0 Å². The number of carbonyl (C=O) groups excluding carboxylic acids is 4. The third-order valence-corrected chi connectivity index (χ3v) is 7.94. The summed E-state index contributed by atoms with van der Waals surface area (Å²) in [5.74, 6) is -0.215. The van der Waals surface area contributed by atoms with E-state index in [9.17, 15) is 19.2 Å². The zero-order valence-corrected chi connectivity index (χ0v) is 21.7. The van der Waals surface area contributed by atoms with E-state index in [-0.39, 0.29) is 30.2 Å². The van der Waals surface area contributed by atoms with Gasteiger partial charge in [-0.05, 0) is 49.2 Å². The first kappa shape index (κ1) is 25.0. The van der Waals surface area contributed by atoms with Gasteiger partial charge in [-0.25, -0.2) is 0 Å².